The first kappa shape index (κ1) is 13.8. The number of nitrogens with zero attached hydrogens (tertiary/aromatic N) is 3. The Kier molecular flexibility index (Phi) is 4.61. The summed E-state index contributed by atoms with van der Waals surface area (Å²) in [6.45, 7) is 7.95. The molecule has 2 rings (SSSR count). The van der Waals surface area contributed by atoms with Gasteiger partial charge in [-0.25, -0.2) is 0 Å². The third-order valence-electron chi connectivity index (χ3n) is 3.23. The van der Waals surface area contributed by atoms with E-state index in [9.17, 15) is 4.79 Å². The molecular formula is C12H19N3OS2. The monoisotopic (exact) mass is 285 g/mol. The summed E-state index contributed by atoms with van der Waals surface area (Å²) in [5, 5.41) is 8.91. The van der Waals surface area contributed by atoms with Gasteiger partial charge in [0.25, 0.3) is 0 Å². The smallest absolute Gasteiger partial charge is 0.235 e. The number of aromatic nitrogens is 2. The molecule has 1 aromatic rings. The molecule has 0 aliphatic carbocycles. The topological polar surface area (TPSA) is 46.1 Å². The van der Waals surface area contributed by atoms with E-state index in [4.69, 9.17) is 0 Å². The number of amides is 1. The molecule has 0 radical (unpaired) electrons. The van der Waals surface area contributed by atoms with E-state index in [0.29, 0.717) is 0 Å². The standard InChI is InChI=1S/C12H19N3OS2/c1-8-4-6-15(7-5-8)11(16)9(2)17-12-14-13-10(3)18-12/h8-9H,4-7H2,1-3H3. The highest BCUT2D eigenvalue weighted by atomic mass is 32.2. The van der Waals surface area contributed by atoms with Gasteiger partial charge in [-0.15, -0.1) is 10.2 Å². The summed E-state index contributed by atoms with van der Waals surface area (Å²) < 4.78 is 0.888. The first-order valence-electron chi connectivity index (χ1n) is 6.32. The molecule has 0 bridgehead atoms. The van der Waals surface area contributed by atoms with E-state index in [1.54, 1.807) is 11.3 Å². The molecule has 1 aliphatic heterocycles. The van der Waals surface area contributed by atoms with Crippen LogP contribution < -0.4 is 0 Å². The van der Waals surface area contributed by atoms with Crippen molar-refractivity contribution in [2.24, 2.45) is 5.92 Å². The summed E-state index contributed by atoms with van der Waals surface area (Å²) in [4.78, 5) is 14.3. The Morgan fingerprint density at radius 3 is 2.67 bits per heavy atom. The average molecular weight is 285 g/mol. The first-order valence-corrected chi connectivity index (χ1v) is 8.01. The molecule has 18 heavy (non-hydrogen) atoms. The van der Waals surface area contributed by atoms with Crippen LogP contribution in [0, 0.1) is 12.8 Å². The van der Waals surface area contributed by atoms with Crippen molar-refractivity contribution in [2.75, 3.05) is 13.1 Å². The quantitative estimate of drug-likeness (QED) is 0.801. The van der Waals surface area contributed by atoms with Crippen molar-refractivity contribution in [1.82, 2.24) is 15.1 Å². The normalized spacial score (nSPS) is 18.9. The first-order chi connectivity index (χ1) is 8.56. The van der Waals surface area contributed by atoms with Gasteiger partial charge in [0.05, 0.1) is 5.25 Å². The van der Waals surface area contributed by atoms with Crippen LogP contribution in [-0.2, 0) is 4.79 Å². The molecule has 0 N–H and O–H groups in total. The third-order valence-corrected chi connectivity index (χ3v) is 5.24. The van der Waals surface area contributed by atoms with Crippen molar-refractivity contribution in [3.63, 3.8) is 0 Å². The molecule has 1 aromatic heterocycles. The van der Waals surface area contributed by atoms with E-state index in [1.165, 1.54) is 11.8 Å². The summed E-state index contributed by atoms with van der Waals surface area (Å²) in [6, 6.07) is 0. The fraction of sp³-hybridized carbons (Fsp3) is 0.750. The molecule has 1 fully saturated rings. The number of piperidine rings is 1. The zero-order valence-corrected chi connectivity index (χ0v) is 12.7. The van der Waals surface area contributed by atoms with Gasteiger partial charge in [-0.3, -0.25) is 4.79 Å². The lowest BCUT2D eigenvalue weighted by molar-refractivity contribution is -0.131. The Hall–Kier alpha value is -0.620. The van der Waals surface area contributed by atoms with Crippen LogP contribution in [0.15, 0.2) is 4.34 Å². The molecule has 0 aromatic carbocycles. The van der Waals surface area contributed by atoms with Gasteiger partial charge in [0.15, 0.2) is 4.34 Å². The van der Waals surface area contributed by atoms with E-state index in [0.717, 1.165) is 41.2 Å². The van der Waals surface area contributed by atoms with Gasteiger partial charge in [-0.2, -0.15) is 0 Å². The Morgan fingerprint density at radius 1 is 1.44 bits per heavy atom. The zero-order valence-electron chi connectivity index (χ0n) is 11.0. The van der Waals surface area contributed by atoms with Crippen molar-refractivity contribution in [3.05, 3.63) is 5.01 Å². The summed E-state index contributed by atoms with van der Waals surface area (Å²) >= 11 is 3.07. The van der Waals surface area contributed by atoms with Crippen LogP contribution in [0.25, 0.3) is 0 Å². The number of thioether (sulfide) groups is 1. The summed E-state index contributed by atoms with van der Waals surface area (Å²) in [5.74, 6) is 0.988. The summed E-state index contributed by atoms with van der Waals surface area (Å²) in [6.07, 6.45) is 2.25. The highest BCUT2D eigenvalue weighted by Crippen LogP contribution is 2.28. The lowest BCUT2D eigenvalue weighted by Crippen LogP contribution is -2.41. The van der Waals surface area contributed by atoms with Crippen LogP contribution in [0.1, 0.15) is 31.7 Å². The maximum atomic E-state index is 12.3. The SMILES string of the molecule is Cc1nnc(SC(C)C(=O)N2CCC(C)CC2)s1. The molecule has 1 saturated heterocycles. The Balaban J connectivity index is 1.88. The minimum absolute atomic E-state index is 0.0641. The average Bonchev–Trinajstić information content (AvgIpc) is 2.75. The second-order valence-corrected chi connectivity index (χ2v) is 7.62. The Bertz CT molecular complexity index is 413. The van der Waals surface area contributed by atoms with Crippen molar-refractivity contribution >= 4 is 29.0 Å². The predicted molar refractivity (Wildman–Crippen MR) is 74.9 cm³/mol. The van der Waals surface area contributed by atoms with Crippen LogP contribution in [0.3, 0.4) is 0 Å². The summed E-state index contributed by atoms with van der Waals surface area (Å²) in [7, 11) is 0. The molecule has 6 heteroatoms. The number of hydrogen-bond donors (Lipinski definition) is 0. The van der Waals surface area contributed by atoms with E-state index < -0.39 is 0 Å². The second-order valence-electron chi connectivity index (χ2n) is 4.85. The molecule has 1 atom stereocenters. The van der Waals surface area contributed by atoms with Gasteiger partial charge in [-0.05, 0) is 32.6 Å². The molecule has 2 heterocycles. The maximum Gasteiger partial charge on any atom is 0.235 e. The van der Waals surface area contributed by atoms with E-state index in [2.05, 4.69) is 17.1 Å². The van der Waals surface area contributed by atoms with Crippen LogP contribution in [0.5, 0.6) is 0 Å². The van der Waals surface area contributed by atoms with E-state index in [1.807, 2.05) is 18.7 Å². The minimum Gasteiger partial charge on any atom is -0.342 e. The van der Waals surface area contributed by atoms with Gasteiger partial charge < -0.3 is 4.90 Å². The van der Waals surface area contributed by atoms with Crippen LogP contribution in [0.2, 0.25) is 0 Å². The molecule has 0 spiro atoms. The molecule has 1 aliphatic rings. The van der Waals surface area contributed by atoms with Crippen LogP contribution in [0.4, 0.5) is 0 Å². The van der Waals surface area contributed by atoms with Crippen LogP contribution in [-0.4, -0.2) is 39.3 Å². The molecule has 0 saturated carbocycles. The summed E-state index contributed by atoms with van der Waals surface area (Å²) in [5.41, 5.74) is 0. The molecule has 4 nitrogen and oxygen atoms in total. The van der Waals surface area contributed by atoms with Gasteiger partial charge >= 0.3 is 0 Å². The van der Waals surface area contributed by atoms with Gasteiger partial charge in [-0.1, -0.05) is 30.0 Å². The number of carbonyl (C=O) groups is 1. The number of likely N-dealkylation sites (tertiary alicyclic amines) is 1. The fourth-order valence-corrected chi connectivity index (χ4v) is 4.06. The number of hydrogen-bond acceptors (Lipinski definition) is 5. The third kappa shape index (κ3) is 3.45. The van der Waals surface area contributed by atoms with Crippen molar-refractivity contribution in [2.45, 2.75) is 43.2 Å². The number of rotatable bonds is 3. The molecule has 1 unspecified atom stereocenters. The van der Waals surface area contributed by atoms with E-state index in [-0.39, 0.29) is 11.2 Å². The lowest BCUT2D eigenvalue weighted by Gasteiger charge is -2.31. The molecular weight excluding hydrogens is 266 g/mol. The lowest BCUT2D eigenvalue weighted by atomic mass is 9.99. The Labute approximate surface area is 116 Å². The molecule has 1 amide bonds. The van der Waals surface area contributed by atoms with E-state index >= 15 is 0 Å². The van der Waals surface area contributed by atoms with Gasteiger partial charge in [0, 0.05) is 13.1 Å². The maximum absolute atomic E-state index is 12.3. The van der Waals surface area contributed by atoms with Crippen molar-refractivity contribution in [1.29, 1.82) is 0 Å². The zero-order chi connectivity index (χ0) is 13.1. The minimum atomic E-state index is -0.0641. The fourth-order valence-electron chi connectivity index (χ4n) is 2.01. The predicted octanol–water partition coefficient (Wildman–Crippen LogP) is 2.59. The van der Waals surface area contributed by atoms with Crippen LogP contribution >= 0.6 is 23.1 Å². The number of carbonyl (C=O) groups excluding carboxylic acids is 1. The molecule has 100 valence electrons. The van der Waals surface area contributed by atoms with Gasteiger partial charge in [0.2, 0.25) is 5.91 Å². The Morgan fingerprint density at radius 2 is 2.11 bits per heavy atom. The van der Waals surface area contributed by atoms with Crippen molar-refractivity contribution in [3.8, 4) is 0 Å². The highest BCUT2D eigenvalue weighted by molar-refractivity contribution is 8.02. The number of aryl methyl sites for hydroxylation is 1. The highest BCUT2D eigenvalue weighted by Gasteiger charge is 2.25. The van der Waals surface area contributed by atoms with Gasteiger partial charge in [0.1, 0.15) is 5.01 Å². The second kappa shape index (κ2) is 6.02. The largest absolute Gasteiger partial charge is 0.342 e. The van der Waals surface area contributed by atoms with Crippen molar-refractivity contribution < 1.29 is 4.79 Å².